The number of aliphatic hydroxyl groups is 4. The second-order valence-electron chi connectivity index (χ2n) is 9.18. The van der Waals surface area contributed by atoms with E-state index in [-0.39, 0.29) is 0 Å². The van der Waals surface area contributed by atoms with Gasteiger partial charge in [0.05, 0.1) is 6.61 Å². The van der Waals surface area contributed by atoms with Crippen LogP contribution < -0.4 is 4.74 Å². The number of aryl methyl sites for hydroxylation is 1. The maximum absolute atomic E-state index is 10.4. The second-order valence-corrected chi connectivity index (χ2v) is 9.18. The third-order valence-electron chi connectivity index (χ3n) is 7.22. The summed E-state index contributed by atoms with van der Waals surface area (Å²) in [6.45, 7) is 1.64. The van der Waals surface area contributed by atoms with Crippen LogP contribution >= 0.6 is 0 Å². The summed E-state index contributed by atoms with van der Waals surface area (Å²) >= 11 is 0. The number of aliphatic hydroxyl groups excluding tert-OH is 4. The number of hydrogen-bond acceptors (Lipinski definition) is 6. The molecule has 35 heavy (non-hydrogen) atoms. The van der Waals surface area contributed by atoms with E-state index in [2.05, 4.69) is 43.3 Å². The van der Waals surface area contributed by atoms with Crippen LogP contribution in [0.15, 0.2) is 72.8 Å². The predicted molar refractivity (Wildman–Crippen MR) is 135 cm³/mol. The Labute approximate surface area is 201 Å². The van der Waals surface area contributed by atoms with Crippen molar-refractivity contribution in [2.75, 3.05) is 6.61 Å². The van der Waals surface area contributed by atoms with Gasteiger partial charge >= 0.3 is 0 Å². The summed E-state index contributed by atoms with van der Waals surface area (Å²) in [5.74, 6) is 0.474. The molecule has 6 heteroatoms. The van der Waals surface area contributed by atoms with Gasteiger partial charge in [-0.25, -0.2) is 0 Å². The Morgan fingerprint density at radius 3 is 2.03 bits per heavy atom. The summed E-state index contributed by atoms with van der Waals surface area (Å²) in [7, 11) is 0. The van der Waals surface area contributed by atoms with Gasteiger partial charge in [-0.2, -0.15) is 0 Å². The van der Waals surface area contributed by atoms with E-state index in [1.54, 1.807) is 0 Å². The zero-order chi connectivity index (χ0) is 24.3. The molecule has 0 unspecified atom stereocenters. The molecule has 4 N–H and O–H groups in total. The fraction of sp³-hybridized carbons (Fsp3) is 0.241. The lowest BCUT2D eigenvalue weighted by Gasteiger charge is -2.39. The standard InChI is InChI=1S/C29H26O6/c1-15-16-10-11-21(18-7-3-2-6-17(16)18)25(15)22-12-13-23(20-9-5-4-8-19(20)22)34-29-28(33)27(32)26(31)24(14-30)35-29/h2-13,24,26-33H,14H2,1H3/t24-,26+,27+,28-,29-/m1/s1. The molecule has 5 atom stereocenters. The monoisotopic (exact) mass is 470 g/mol. The SMILES string of the molecule is Cc1c(-c2ccc(O[C@@H]3O[C@H](CO)[C@H](O)[C@H](O)[C@H]3O)c3ccccc23)c2ccc1c1ccccc21. The van der Waals surface area contributed by atoms with E-state index in [1.807, 2.05) is 36.4 Å². The summed E-state index contributed by atoms with van der Waals surface area (Å²) in [4.78, 5) is 0. The van der Waals surface area contributed by atoms with E-state index in [9.17, 15) is 20.4 Å². The molecule has 6 nitrogen and oxygen atoms in total. The van der Waals surface area contributed by atoms with Crippen LogP contribution in [0.3, 0.4) is 0 Å². The molecule has 7 rings (SSSR count). The molecule has 2 bridgehead atoms. The van der Waals surface area contributed by atoms with E-state index in [0.29, 0.717) is 5.75 Å². The van der Waals surface area contributed by atoms with E-state index >= 15 is 0 Å². The van der Waals surface area contributed by atoms with Crippen LogP contribution in [0, 0.1) is 6.92 Å². The molecule has 0 aliphatic carbocycles. The van der Waals surface area contributed by atoms with E-state index < -0.39 is 37.3 Å². The quantitative estimate of drug-likeness (QED) is 0.319. The minimum atomic E-state index is -1.50. The van der Waals surface area contributed by atoms with Crippen molar-refractivity contribution < 1.29 is 29.9 Å². The average Bonchev–Trinajstić information content (AvgIpc) is 2.90. The summed E-state index contributed by atoms with van der Waals surface area (Å²) in [6.07, 6.45) is -6.68. The van der Waals surface area contributed by atoms with Crippen molar-refractivity contribution in [2.24, 2.45) is 0 Å². The Hall–Kier alpha value is -3.26. The van der Waals surface area contributed by atoms with Crippen LogP contribution in [0.2, 0.25) is 0 Å². The highest BCUT2D eigenvalue weighted by atomic mass is 16.7. The van der Waals surface area contributed by atoms with Crippen LogP contribution in [0.5, 0.6) is 5.75 Å². The van der Waals surface area contributed by atoms with Gasteiger partial charge in [0, 0.05) is 5.39 Å². The molecule has 6 aromatic rings. The van der Waals surface area contributed by atoms with Gasteiger partial charge < -0.3 is 29.9 Å². The Morgan fingerprint density at radius 1 is 0.686 bits per heavy atom. The second kappa shape index (κ2) is 8.45. The van der Waals surface area contributed by atoms with E-state index in [0.717, 1.165) is 16.3 Å². The Bertz CT molecular complexity index is 1530. The van der Waals surface area contributed by atoms with Gasteiger partial charge in [-0.15, -0.1) is 0 Å². The lowest BCUT2D eigenvalue weighted by atomic mass is 9.85. The van der Waals surface area contributed by atoms with Gasteiger partial charge in [-0.05, 0) is 56.6 Å². The van der Waals surface area contributed by atoms with Gasteiger partial charge in [0.2, 0.25) is 6.29 Å². The van der Waals surface area contributed by atoms with Crippen LogP contribution in [0.4, 0.5) is 0 Å². The van der Waals surface area contributed by atoms with Crippen molar-refractivity contribution in [3.8, 4) is 16.9 Å². The van der Waals surface area contributed by atoms with Crippen LogP contribution in [0.1, 0.15) is 5.56 Å². The molecule has 0 aromatic heterocycles. The minimum Gasteiger partial charge on any atom is -0.461 e. The Balaban J connectivity index is 1.47. The molecule has 1 heterocycles. The van der Waals surface area contributed by atoms with Gasteiger partial charge in [0.1, 0.15) is 30.2 Å². The largest absolute Gasteiger partial charge is 0.461 e. The molecule has 178 valence electrons. The Kier molecular flexibility index (Phi) is 5.36. The normalized spacial score (nSPS) is 25.0. The summed E-state index contributed by atoms with van der Waals surface area (Å²) < 4.78 is 11.6. The molecule has 0 saturated carbocycles. The van der Waals surface area contributed by atoms with Crippen molar-refractivity contribution >= 4 is 32.3 Å². The molecular formula is C29H26O6. The third kappa shape index (κ3) is 3.37. The fourth-order valence-electron chi connectivity index (χ4n) is 5.41. The molecular weight excluding hydrogens is 444 g/mol. The van der Waals surface area contributed by atoms with Gasteiger partial charge in [0.15, 0.2) is 0 Å². The minimum absolute atomic E-state index is 0.474. The lowest BCUT2D eigenvalue weighted by molar-refractivity contribution is -0.277. The number of fused-ring (bicyclic) bond motifs is 3. The predicted octanol–water partition coefficient (Wildman–Crippen LogP) is 3.74. The number of hydrogen-bond donors (Lipinski definition) is 4. The molecule has 0 radical (unpaired) electrons. The van der Waals surface area contributed by atoms with E-state index in [1.165, 1.54) is 32.7 Å². The molecule has 0 amide bonds. The third-order valence-corrected chi connectivity index (χ3v) is 7.22. The molecule has 6 aromatic carbocycles. The Morgan fingerprint density at radius 2 is 1.31 bits per heavy atom. The lowest BCUT2D eigenvalue weighted by Crippen LogP contribution is -2.60. The number of ether oxygens (including phenoxy) is 2. The first-order chi connectivity index (χ1) is 17.0. The van der Waals surface area contributed by atoms with Crippen molar-refractivity contribution in [2.45, 2.75) is 37.6 Å². The molecule has 1 aliphatic heterocycles. The van der Waals surface area contributed by atoms with Crippen molar-refractivity contribution in [1.82, 2.24) is 0 Å². The fourth-order valence-corrected chi connectivity index (χ4v) is 5.41. The number of rotatable bonds is 4. The summed E-state index contributed by atoms with van der Waals surface area (Å²) in [5.41, 5.74) is 3.47. The highest BCUT2D eigenvalue weighted by molar-refractivity contribution is 6.20. The smallest absolute Gasteiger partial charge is 0.229 e. The highest BCUT2D eigenvalue weighted by Crippen LogP contribution is 2.44. The molecule has 1 aliphatic rings. The van der Waals surface area contributed by atoms with Gasteiger partial charge in [-0.3, -0.25) is 0 Å². The number of benzene rings is 6. The van der Waals surface area contributed by atoms with Crippen molar-refractivity contribution in [3.63, 3.8) is 0 Å². The summed E-state index contributed by atoms with van der Waals surface area (Å²) in [5, 5.41) is 46.9. The molecule has 0 spiro atoms. The van der Waals surface area contributed by atoms with Gasteiger partial charge in [-0.1, -0.05) is 66.7 Å². The average molecular weight is 471 g/mol. The van der Waals surface area contributed by atoms with Crippen LogP contribution in [-0.2, 0) is 4.74 Å². The highest BCUT2D eigenvalue weighted by Gasteiger charge is 2.44. The van der Waals surface area contributed by atoms with Crippen LogP contribution in [-0.4, -0.2) is 57.7 Å². The van der Waals surface area contributed by atoms with E-state index in [4.69, 9.17) is 9.47 Å². The van der Waals surface area contributed by atoms with Crippen molar-refractivity contribution in [1.29, 1.82) is 0 Å². The maximum Gasteiger partial charge on any atom is 0.229 e. The first kappa shape index (κ1) is 22.2. The zero-order valence-electron chi connectivity index (χ0n) is 19.1. The first-order valence-electron chi connectivity index (χ1n) is 11.7. The van der Waals surface area contributed by atoms with Crippen molar-refractivity contribution in [3.05, 3.63) is 78.4 Å². The zero-order valence-corrected chi connectivity index (χ0v) is 19.1. The molecule has 1 fully saturated rings. The van der Waals surface area contributed by atoms with Gasteiger partial charge in [0.25, 0.3) is 0 Å². The first-order valence-corrected chi connectivity index (χ1v) is 11.7. The maximum atomic E-state index is 10.4. The topological polar surface area (TPSA) is 99.4 Å². The van der Waals surface area contributed by atoms with Crippen LogP contribution in [0.25, 0.3) is 43.4 Å². The summed E-state index contributed by atoms with van der Waals surface area (Å²) in [6, 6.07) is 24.5. The molecule has 1 saturated heterocycles.